The van der Waals surface area contributed by atoms with E-state index >= 15 is 0 Å². The number of ether oxygens (including phenoxy) is 2. The van der Waals surface area contributed by atoms with Gasteiger partial charge in [-0.3, -0.25) is 0 Å². The number of benzene rings is 1. The number of hydrogen-bond acceptors (Lipinski definition) is 4. The van der Waals surface area contributed by atoms with E-state index in [0.717, 1.165) is 5.56 Å². The molecule has 5 nitrogen and oxygen atoms in total. The Bertz CT molecular complexity index is 595. The standard InChI is InChI=1S/C14H21NO4S/c1-11-9-12(5-6-13(11)18-4)20(16,17)15-7-8-19-10-14(15,2)3/h5-6,9H,7-8,10H2,1-4H3. The fourth-order valence-corrected chi connectivity index (χ4v) is 4.27. The van der Waals surface area contributed by atoms with Crippen molar-refractivity contribution in [2.75, 3.05) is 26.9 Å². The normalized spacial score (nSPS) is 19.8. The molecule has 0 unspecified atom stereocenters. The molecule has 1 aromatic rings. The van der Waals surface area contributed by atoms with Crippen LogP contribution >= 0.6 is 0 Å². The summed E-state index contributed by atoms with van der Waals surface area (Å²) < 4.78 is 37.6. The molecule has 0 aliphatic carbocycles. The van der Waals surface area contributed by atoms with E-state index in [4.69, 9.17) is 9.47 Å². The van der Waals surface area contributed by atoms with E-state index in [9.17, 15) is 8.42 Å². The fraction of sp³-hybridized carbons (Fsp3) is 0.571. The fourth-order valence-electron chi connectivity index (χ4n) is 2.43. The molecular formula is C14H21NO4S. The van der Waals surface area contributed by atoms with Gasteiger partial charge in [0.15, 0.2) is 0 Å². The Balaban J connectivity index is 2.42. The highest BCUT2D eigenvalue weighted by Crippen LogP contribution is 2.29. The molecule has 1 fully saturated rings. The van der Waals surface area contributed by atoms with Crippen LogP contribution in [0.15, 0.2) is 23.1 Å². The predicted octanol–water partition coefficient (Wildman–Crippen LogP) is 1.80. The summed E-state index contributed by atoms with van der Waals surface area (Å²) in [6.07, 6.45) is 0. The van der Waals surface area contributed by atoms with Crippen LogP contribution in [0, 0.1) is 6.92 Å². The van der Waals surface area contributed by atoms with Gasteiger partial charge < -0.3 is 9.47 Å². The topological polar surface area (TPSA) is 55.8 Å². The van der Waals surface area contributed by atoms with Crippen molar-refractivity contribution >= 4 is 10.0 Å². The third-order valence-electron chi connectivity index (χ3n) is 3.52. The van der Waals surface area contributed by atoms with Gasteiger partial charge in [0.1, 0.15) is 5.75 Å². The van der Waals surface area contributed by atoms with Crippen LogP contribution in [0.1, 0.15) is 19.4 Å². The molecule has 6 heteroatoms. The third kappa shape index (κ3) is 2.68. The van der Waals surface area contributed by atoms with Crippen LogP contribution in [0.5, 0.6) is 5.75 Å². The van der Waals surface area contributed by atoms with Gasteiger partial charge in [-0.15, -0.1) is 0 Å². The lowest BCUT2D eigenvalue weighted by molar-refractivity contribution is -0.00771. The quantitative estimate of drug-likeness (QED) is 0.854. The van der Waals surface area contributed by atoms with Gasteiger partial charge >= 0.3 is 0 Å². The summed E-state index contributed by atoms with van der Waals surface area (Å²) in [5.74, 6) is 0.685. The highest BCUT2D eigenvalue weighted by molar-refractivity contribution is 7.89. The average molecular weight is 299 g/mol. The number of hydrogen-bond donors (Lipinski definition) is 0. The van der Waals surface area contributed by atoms with E-state index in [2.05, 4.69) is 0 Å². The molecule has 1 aromatic carbocycles. The molecule has 0 bridgehead atoms. The minimum absolute atomic E-state index is 0.297. The lowest BCUT2D eigenvalue weighted by Crippen LogP contribution is -2.55. The highest BCUT2D eigenvalue weighted by Gasteiger charge is 2.39. The maximum atomic E-state index is 12.8. The van der Waals surface area contributed by atoms with Gasteiger partial charge in [0.25, 0.3) is 0 Å². The maximum absolute atomic E-state index is 12.8. The first-order chi connectivity index (χ1) is 9.29. The van der Waals surface area contributed by atoms with Crippen LogP contribution in [0.25, 0.3) is 0 Å². The molecule has 0 radical (unpaired) electrons. The van der Waals surface area contributed by atoms with Gasteiger partial charge in [-0.2, -0.15) is 4.31 Å². The molecule has 1 heterocycles. The van der Waals surface area contributed by atoms with Gasteiger partial charge in [0.2, 0.25) is 10.0 Å². The third-order valence-corrected chi connectivity index (χ3v) is 5.63. The van der Waals surface area contributed by atoms with Crippen molar-refractivity contribution in [1.82, 2.24) is 4.31 Å². The van der Waals surface area contributed by atoms with Crippen LogP contribution in [0.4, 0.5) is 0 Å². The van der Waals surface area contributed by atoms with Crippen LogP contribution in [-0.2, 0) is 14.8 Å². The van der Waals surface area contributed by atoms with Crippen molar-refractivity contribution in [1.29, 1.82) is 0 Å². The lowest BCUT2D eigenvalue weighted by atomic mass is 10.1. The molecule has 0 amide bonds. The Morgan fingerprint density at radius 2 is 2.05 bits per heavy atom. The molecule has 1 aliphatic heterocycles. The smallest absolute Gasteiger partial charge is 0.243 e. The molecule has 2 rings (SSSR count). The molecule has 112 valence electrons. The van der Waals surface area contributed by atoms with Gasteiger partial charge in [0, 0.05) is 6.54 Å². The second-order valence-corrected chi connectivity index (χ2v) is 7.44. The number of nitrogens with zero attached hydrogens (tertiary/aromatic N) is 1. The van der Waals surface area contributed by atoms with Gasteiger partial charge in [-0.25, -0.2) is 8.42 Å². The van der Waals surface area contributed by atoms with Crippen LogP contribution in [-0.4, -0.2) is 45.1 Å². The molecule has 0 atom stereocenters. The van der Waals surface area contributed by atoms with E-state index in [1.165, 1.54) is 4.31 Å². The van der Waals surface area contributed by atoms with Crippen LogP contribution < -0.4 is 4.74 Å². The van der Waals surface area contributed by atoms with Crippen LogP contribution in [0.2, 0.25) is 0 Å². The van der Waals surface area contributed by atoms with E-state index in [0.29, 0.717) is 30.4 Å². The molecule has 20 heavy (non-hydrogen) atoms. The highest BCUT2D eigenvalue weighted by atomic mass is 32.2. The predicted molar refractivity (Wildman–Crippen MR) is 76.5 cm³/mol. The van der Waals surface area contributed by atoms with Crippen molar-refractivity contribution in [2.24, 2.45) is 0 Å². The second-order valence-electron chi connectivity index (χ2n) is 5.57. The first-order valence-electron chi connectivity index (χ1n) is 6.54. The summed E-state index contributed by atoms with van der Waals surface area (Å²) in [5, 5.41) is 0. The molecule has 1 saturated heterocycles. The van der Waals surface area contributed by atoms with Gasteiger partial charge in [-0.1, -0.05) is 0 Å². The van der Waals surface area contributed by atoms with E-state index in [-0.39, 0.29) is 0 Å². The summed E-state index contributed by atoms with van der Waals surface area (Å²) in [6.45, 7) is 6.79. The SMILES string of the molecule is COc1ccc(S(=O)(=O)N2CCOCC2(C)C)cc1C. The monoisotopic (exact) mass is 299 g/mol. The van der Waals surface area contributed by atoms with Gasteiger partial charge in [0.05, 0.1) is 30.8 Å². The maximum Gasteiger partial charge on any atom is 0.243 e. The number of morpholine rings is 1. The zero-order chi connectivity index (χ0) is 15.0. The lowest BCUT2D eigenvalue weighted by Gasteiger charge is -2.40. The van der Waals surface area contributed by atoms with E-state index in [1.807, 2.05) is 20.8 Å². The second kappa shape index (κ2) is 5.35. The first-order valence-corrected chi connectivity index (χ1v) is 7.98. The van der Waals surface area contributed by atoms with Crippen LogP contribution in [0.3, 0.4) is 0 Å². The van der Waals surface area contributed by atoms with Crippen molar-refractivity contribution < 1.29 is 17.9 Å². The summed E-state index contributed by atoms with van der Waals surface area (Å²) >= 11 is 0. The van der Waals surface area contributed by atoms with Crippen molar-refractivity contribution in [2.45, 2.75) is 31.2 Å². The van der Waals surface area contributed by atoms with Crippen molar-refractivity contribution in [3.8, 4) is 5.75 Å². The molecule has 0 aromatic heterocycles. The minimum Gasteiger partial charge on any atom is -0.496 e. The Kier molecular flexibility index (Phi) is 4.09. The molecule has 1 aliphatic rings. The van der Waals surface area contributed by atoms with Crippen molar-refractivity contribution in [3.05, 3.63) is 23.8 Å². The van der Waals surface area contributed by atoms with Gasteiger partial charge in [-0.05, 0) is 44.5 Å². The largest absolute Gasteiger partial charge is 0.496 e. The number of rotatable bonds is 3. The van der Waals surface area contributed by atoms with Crippen molar-refractivity contribution in [3.63, 3.8) is 0 Å². The zero-order valence-electron chi connectivity index (χ0n) is 12.3. The first kappa shape index (κ1) is 15.3. The molecule has 0 N–H and O–H groups in total. The number of methoxy groups -OCH3 is 1. The zero-order valence-corrected chi connectivity index (χ0v) is 13.2. The number of aryl methyl sites for hydroxylation is 1. The molecule has 0 saturated carbocycles. The Morgan fingerprint density at radius 1 is 1.35 bits per heavy atom. The van der Waals surface area contributed by atoms with E-state index in [1.54, 1.807) is 25.3 Å². The Morgan fingerprint density at radius 3 is 2.60 bits per heavy atom. The summed E-state index contributed by atoms with van der Waals surface area (Å²) in [5.41, 5.74) is 0.268. The summed E-state index contributed by atoms with van der Waals surface area (Å²) in [6, 6.07) is 4.93. The minimum atomic E-state index is -3.52. The summed E-state index contributed by atoms with van der Waals surface area (Å²) in [4.78, 5) is 0.297. The Hall–Kier alpha value is -1.11. The average Bonchev–Trinajstić information content (AvgIpc) is 2.37. The van der Waals surface area contributed by atoms with E-state index < -0.39 is 15.6 Å². The summed E-state index contributed by atoms with van der Waals surface area (Å²) in [7, 11) is -1.95. The Labute approximate surface area is 120 Å². The number of sulfonamides is 1. The molecule has 0 spiro atoms. The molecular weight excluding hydrogens is 278 g/mol.